The van der Waals surface area contributed by atoms with Crippen LogP contribution in [0.4, 0.5) is 5.69 Å². The molecule has 3 heterocycles. The first-order valence-corrected chi connectivity index (χ1v) is 9.62. The van der Waals surface area contributed by atoms with Crippen LogP contribution in [0.5, 0.6) is 0 Å². The maximum atomic E-state index is 12.6. The maximum Gasteiger partial charge on any atom is 0.252 e. The van der Waals surface area contributed by atoms with Crippen molar-refractivity contribution in [2.45, 2.75) is 17.1 Å². The lowest BCUT2D eigenvalue weighted by molar-refractivity contribution is -0.120. The predicted octanol–water partition coefficient (Wildman–Crippen LogP) is 1.52. The number of thiophene rings is 1. The normalized spacial score (nSPS) is 19.6. The fraction of sp³-hybridized carbons (Fsp3) is 0.429. The average Bonchev–Trinajstić information content (AvgIpc) is 3.19. The molecule has 0 spiro atoms. The average molecular weight is 354 g/mol. The Kier molecular flexibility index (Phi) is 4.51. The minimum Gasteiger partial charge on any atom is -0.323 e. The van der Waals surface area contributed by atoms with E-state index in [4.69, 9.17) is 0 Å². The molecular formula is C14H18N4O3S2. The van der Waals surface area contributed by atoms with Gasteiger partial charge in [0.25, 0.3) is 10.0 Å². The monoisotopic (exact) mass is 354 g/mol. The molecular weight excluding hydrogens is 336 g/mol. The fourth-order valence-electron chi connectivity index (χ4n) is 2.64. The molecule has 1 fully saturated rings. The van der Waals surface area contributed by atoms with Crippen molar-refractivity contribution >= 4 is 33.0 Å². The highest BCUT2D eigenvalue weighted by Crippen LogP contribution is 2.26. The largest absolute Gasteiger partial charge is 0.323 e. The predicted molar refractivity (Wildman–Crippen MR) is 87.6 cm³/mol. The summed E-state index contributed by atoms with van der Waals surface area (Å²) in [6.45, 7) is 0.670. The van der Waals surface area contributed by atoms with E-state index in [1.165, 1.54) is 15.6 Å². The summed E-state index contributed by atoms with van der Waals surface area (Å²) >= 11 is 1.20. The molecule has 0 aliphatic carbocycles. The van der Waals surface area contributed by atoms with Gasteiger partial charge < -0.3 is 5.32 Å². The van der Waals surface area contributed by atoms with E-state index in [-0.39, 0.29) is 18.4 Å². The van der Waals surface area contributed by atoms with E-state index < -0.39 is 10.0 Å². The highest BCUT2D eigenvalue weighted by molar-refractivity contribution is 7.91. The summed E-state index contributed by atoms with van der Waals surface area (Å²) in [6.07, 6.45) is 4.64. The molecule has 1 amide bonds. The molecule has 0 radical (unpaired) electrons. The number of aromatic nitrogens is 2. The number of piperidine rings is 1. The van der Waals surface area contributed by atoms with E-state index in [2.05, 4.69) is 10.4 Å². The number of hydrogen-bond acceptors (Lipinski definition) is 5. The van der Waals surface area contributed by atoms with Crippen LogP contribution in [-0.4, -0.2) is 41.5 Å². The molecule has 9 heteroatoms. The molecule has 2 aromatic rings. The standard InChI is InChI=1S/C14H18N4O3S2/c1-17-10-12(8-15-17)16-14(19)11-4-2-6-18(9-11)23(20,21)13-5-3-7-22-13/h3,5,7-8,10-11H,2,4,6,9H2,1H3,(H,16,19). The summed E-state index contributed by atoms with van der Waals surface area (Å²) < 4.78 is 28.5. The quantitative estimate of drug-likeness (QED) is 0.902. The van der Waals surface area contributed by atoms with Crippen LogP contribution >= 0.6 is 11.3 Å². The number of nitrogens with zero attached hydrogens (tertiary/aromatic N) is 3. The second kappa shape index (κ2) is 6.42. The lowest BCUT2D eigenvalue weighted by Crippen LogP contribution is -2.43. The molecule has 3 rings (SSSR count). The Balaban J connectivity index is 1.69. The molecule has 1 aliphatic rings. The van der Waals surface area contributed by atoms with E-state index in [9.17, 15) is 13.2 Å². The number of nitrogens with one attached hydrogen (secondary N) is 1. The zero-order valence-corrected chi connectivity index (χ0v) is 14.3. The van der Waals surface area contributed by atoms with Crippen LogP contribution in [0.1, 0.15) is 12.8 Å². The van der Waals surface area contributed by atoms with Gasteiger partial charge in [0.1, 0.15) is 4.21 Å². The van der Waals surface area contributed by atoms with Gasteiger partial charge in [0.15, 0.2) is 0 Å². The van der Waals surface area contributed by atoms with Crippen molar-refractivity contribution in [3.63, 3.8) is 0 Å². The molecule has 0 bridgehead atoms. The van der Waals surface area contributed by atoms with Gasteiger partial charge in [0.05, 0.1) is 17.8 Å². The first-order valence-electron chi connectivity index (χ1n) is 7.30. The van der Waals surface area contributed by atoms with Crippen molar-refractivity contribution in [2.75, 3.05) is 18.4 Å². The van der Waals surface area contributed by atoms with Crippen molar-refractivity contribution in [1.29, 1.82) is 0 Å². The van der Waals surface area contributed by atoms with Gasteiger partial charge in [-0.25, -0.2) is 8.42 Å². The minimum atomic E-state index is -3.50. The number of anilines is 1. The Morgan fingerprint density at radius 2 is 2.30 bits per heavy atom. The van der Waals surface area contributed by atoms with Crippen LogP contribution < -0.4 is 5.32 Å². The SMILES string of the molecule is Cn1cc(NC(=O)C2CCCN(S(=O)(=O)c3cccs3)C2)cn1. The lowest BCUT2D eigenvalue weighted by atomic mass is 9.99. The fourth-order valence-corrected chi connectivity index (χ4v) is 5.31. The van der Waals surface area contributed by atoms with E-state index in [0.29, 0.717) is 29.3 Å². The third-order valence-corrected chi connectivity index (χ3v) is 7.05. The molecule has 1 aliphatic heterocycles. The van der Waals surface area contributed by atoms with Crippen LogP contribution in [0, 0.1) is 5.92 Å². The first kappa shape index (κ1) is 16.2. The van der Waals surface area contributed by atoms with Gasteiger partial charge in [0, 0.05) is 26.3 Å². The van der Waals surface area contributed by atoms with Crippen molar-refractivity contribution in [3.05, 3.63) is 29.9 Å². The van der Waals surface area contributed by atoms with E-state index in [1.807, 2.05) is 0 Å². The van der Waals surface area contributed by atoms with Gasteiger partial charge in [-0.05, 0) is 24.3 Å². The maximum absolute atomic E-state index is 12.6. The summed E-state index contributed by atoms with van der Waals surface area (Å²) in [5, 5.41) is 8.54. The number of rotatable bonds is 4. The number of carbonyl (C=O) groups excluding carboxylic acids is 1. The summed E-state index contributed by atoms with van der Waals surface area (Å²) in [7, 11) is -1.73. The van der Waals surface area contributed by atoms with E-state index in [1.54, 1.807) is 41.6 Å². The van der Waals surface area contributed by atoms with E-state index >= 15 is 0 Å². The van der Waals surface area contributed by atoms with Crippen molar-refractivity contribution < 1.29 is 13.2 Å². The summed E-state index contributed by atoms with van der Waals surface area (Å²) in [6, 6.07) is 3.31. The Labute approximate surface area is 139 Å². The summed E-state index contributed by atoms with van der Waals surface area (Å²) in [4.78, 5) is 12.4. The Morgan fingerprint density at radius 3 is 2.96 bits per heavy atom. The lowest BCUT2D eigenvalue weighted by Gasteiger charge is -2.30. The summed E-state index contributed by atoms with van der Waals surface area (Å²) in [5.74, 6) is -0.511. The molecule has 124 valence electrons. The Morgan fingerprint density at radius 1 is 1.48 bits per heavy atom. The smallest absolute Gasteiger partial charge is 0.252 e. The molecule has 1 atom stereocenters. The second-order valence-electron chi connectivity index (χ2n) is 5.53. The molecule has 0 saturated carbocycles. The van der Waals surface area contributed by atoms with Gasteiger partial charge >= 0.3 is 0 Å². The third kappa shape index (κ3) is 3.46. The zero-order chi connectivity index (χ0) is 16.4. The van der Waals surface area contributed by atoms with Crippen LogP contribution in [-0.2, 0) is 21.9 Å². The highest BCUT2D eigenvalue weighted by atomic mass is 32.2. The number of carbonyl (C=O) groups is 1. The number of hydrogen-bond donors (Lipinski definition) is 1. The van der Waals surface area contributed by atoms with Crippen molar-refractivity contribution in [2.24, 2.45) is 13.0 Å². The number of sulfonamides is 1. The molecule has 2 aromatic heterocycles. The molecule has 0 aromatic carbocycles. The molecule has 1 N–H and O–H groups in total. The van der Waals surface area contributed by atoms with Gasteiger partial charge in [-0.2, -0.15) is 9.40 Å². The topological polar surface area (TPSA) is 84.3 Å². The van der Waals surface area contributed by atoms with E-state index in [0.717, 1.165) is 0 Å². The first-order chi connectivity index (χ1) is 11.0. The minimum absolute atomic E-state index is 0.163. The molecule has 1 saturated heterocycles. The van der Waals surface area contributed by atoms with Crippen LogP contribution in [0.25, 0.3) is 0 Å². The van der Waals surface area contributed by atoms with Crippen LogP contribution in [0.15, 0.2) is 34.1 Å². The van der Waals surface area contributed by atoms with Gasteiger partial charge in [0.2, 0.25) is 5.91 Å². The van der Waals surface area contributed by atoms with Crippen molar-refractivity contribution in [1.82, 2.24) is 14.1 Å². The number of aryl methyl sites for hydroxylation is 1. The van der Waals surface area contributed by atoms with Gasteiger partial charge in [-0.3, -0.25) is 9.48 Å². The summed E-state index contributed by atoms with van der Waals surface area (Å²) in [5.41, 5.74) is 0.621. The Hall–Kier alpha value is -1.71. The van der Waals surface area contributed by atoms with Gasteiger partial charge in [-0.15, -0.1) is 11.3 Å². The van der Waals surface area contributed by atoms with Crippen LogP contribution in [0.2, 0.25) is 0 Å². The number of amides is 1. The zero-order valence-electron chi connectivity index (χ0n) is 12.7. The van der Waals surface area contributed by atoms with Crippen LogP contribution in [0.3, 0.4) is 0 Å². The van der Waals surface area contributed by atoms with Gasteiger partial charge in [-0.1, -0.05) is 6.07 Å². The molecule has 7 nitrogen and oxygen atoms in total. The van der Waals surface area contributed by atoms with Crippen molar-refractivity contribution in [3.8, 4) is 0 Å². The molecule has 1 unspecified atom stereocenters. The Bertz CT molecular complexity index is 783. The second-order valence-corrected chi connectivity index (χ2v) is 8.64. The molecule has 23 heavy (non-hydrogen) atoms. The third-order valence-electron chi connectivity index (χ3n) is 3.82. The highest BCUT2D eigenvalue weighted by Gasteiger charge is 2.33.